The Morgan fingerprint density at radius 2 is 2.23 bits per heavy atom. The molecule has 0 bridgehead atoms. The standard InChI is InChI=1S/C9H16ClN3/c1-4-7(11)5-8-6(2)12-13(3)9(8)10/h7H,4-5,11H2,1-3H3. The van der Waals surface area contributed by atoms with Crippen LogP contribution in [0.25, 0.3) is 0 Å². The van der Waals surface area contributed by atoms with E-state index in [2.05, 4.69) is 12.0 Å². The van der Waals surface area contributed by atoms with E-state index in [1.54, 1.807) is 4.68 Å². The molecule has 0 aliphatic rings. The zero-order valence-corrected chi connectivity index (χ0v) is 9.10. The van der Waals surface area contributed by atoms with Crippen LogP contribution < -0.4 is 5.73 Å². The molecule has 0 saturated carbocycles. The van der Waals surface area contributed by atoms with Gasteiger partial charge in [-0.15, -0.1) is 0 Å². The van der Waals surface area contributed by atoms with Crippen molar-refractivity contribution in [1.29, 1.82) is 0 Å². The molecule has 0 fully saturated rings. The average Bonchev–Trinajstić information content (AvgIpc) is 2.32. The fourth-order valence-electron chi connectivity index (χ4n) is 1.31. The summed E-state index contributed by atoms with van der Waals surface area (Å²) in [6.45, 7) is 4.04. The number of hydrogen-bond acceptors (Lipinski definition) is 2. The minimum absolute atomic E-state index is 0.181. The van der Waals surface area contributed by atoms with Crippen LogP contribution in [0.3, 0.4) is 0 Å². The van der Waals surface area contributed by atoms with Gasteiger partial charge in [-0.25, -0.2) is 0 Å². The summed E-state index contributed by atoms with van der Waals surface area (Å²) in [5.41, 5.74) is 7.92. The van der Waals surface area contributed by atoms with Gasteiger partial charge in [0.15, 0.2) is 0 Å². The van der Waals surface area contributed by atoms with E-state index < -0.39 is 0 Å². The van der Waals surface area contributed by atoms with Gasteiger partial charge >= 0.3 is 0 Å². The molecule has 0 aliphatic carbocycles. The van der Waals surface area contributed by atoms with Crippen molar-refractivity contribution < 1.29 is 0 Å². The van der Waals surface area contributed by atoms with Crippen molar-refractivity contribution in [3.8, 4) is 0 Å². The third kappa shape index (κ3) is 2.23. The average molecular weight is 202 g/mol. The lowest BCUT2D eigenvalue weighted by Crippen LogP contribution is -2.21. The molecule has 1 aromatic heterocycles. The first kappa shape index (κ1) is 10.5. The number of rotatable bonds is 3. The molecule has 1 atom stereocenters. The Morgan fingerprint density at radius 1 is 1.62 bits per heavy atom. The van der Waals surface area contributed by atoms with Crippen molar-refractivity contribution >= 4 is 11.6 Å². The monoisotopic (exact) mass is 201 g/mol. The predicted molar refractivity (Wildman–Crippen MR) is 54.9 cm³/mol. The molecule has 0 saturated heterocycles. The van der Waals surface area contributed by atoms with Gasteiger partial charge in [-0.1, -0.05) is 18.5 Å². The van der Waals surface area contributed by atoms with Gasteiger partial charge in [-0.05, 0) is 19.8 Å². The Hall–Kier alpha value is -0.540. The van der Waals surface area contributed by atoms with Gasteiger partial charge in [-0.3, -0.25) is 4.68 Å². The summed E-state index contributed by atoms with van der Waals surface area (Å²) in [6.07, 6.45) is 1.78. The molecule has 4 heteroatoms. The van der Waals surface area contributed by atoms with Gasteiger partial charge in [0.05, 0.1) is 5.69 Å². The van der Waals surface area contributed by atoms with Crippen LogP contribution in [0.1, 0.15) is 24.6 Å². The SMILES string of the molecule is CCC(N)Cc1c(C)nn(C)c1Cl. The Morgan fingerprint density at radius 3 is 2.62 bits per heavy atom. The molecule has 2 N–H and O–H groups in total. The second-order valence-electron chi connectivity index (χ2n) is 3.35. The Kier molecular flexibility index (Phi) is 3.33. The third-order valence-electron chi connectivity index (χ3n) is 2.26. The molecule has 1 rings (SSSR count). The van der Waals surface area contributed by atoms with E-state index in [1.807, 2.05) is 14.0 Å². The van der Waals surface area contributed by atoms with Crippen LogP contribution in [-0.4, -0.2) is 15.8 Å². The number of hydrogen-bond donors (Lipinski definition) is 1. The Labute approximate surface area is 83.9 Å². The van der Waals surface area contributed by atoms with Gasteiger partial charge in [-0.2, -0.15) is 5.10 Å². The molecular formula is C9H16ClN3. The molecule has 74 valence electrons. The quantitative estimate of drug-likeness (QED) is 0.809. The van der Waals surface area contributed by atoms with Crippen molar-refractivity contribution in [2.24, 2.45) is 12.8 Å². The molecule has 1 heterocycles. The lowest BCUT2D eigenvalue weighted by molar-refractivity contribution is 0.644. The van der Waals surface area contributed by atoms with Gasteiger partial charge in [0, 0.05) is 18.7 Å². The van der Waals surface area contributed by atoms with Crippen molar-refractivity contribution in [3.05, 3.63) is 16.4 Å². The maximum absolute atomic E-state index is 6.06. The highest BCUT2D eigenvalue weighted by molar-refractivity contribution is 6.30. The molecule has 0 amide bonds. The normalized spacial score (nSPS) is 13.3. The smallest absolute Gasteiger partial charge is 0.130 e. The van der Waals surface area contributed by atoms with E-state index in [1.165, 1.54) is 0 Å². The Bertz CT molecular complexity index is 293. The van der Waals surface area contributed by atoms with Crippen LogP contribution in [0.2, 0.25) is 5.15 Å². The third-order valence-corrected chi connectivity index (χ3v) is 2.73. The van der Waals surface area contributed by atoms with Crippen molar-refractivity contribution in [2.45, 2.75) is 32.7 Å². The van der Waals surface area contributed by atoms with Crippen LogP contribution in [-0.2, 0) is 13.5 Å². The van der Waals surface area contributed by atoms with Crippen molar-refractivity contribution in [2.75, 3.05) is 0 Å². The zero-order valence-electron chi connectivity index (χ0n) is 8.34. The molecule has 13 heavy (non-hydrogen) atoms. The number of halogens is 1. The number of aryl methyl sites for hydroxylation is 2. The molecule has 0 radical (unpaired) electrons. The first-order valence-corrected chi connectivity index (χ1v) is 4.87. The summed E-state index contributed by atoms with van der Waals surface area (Å²) in [5, 5.41) is 4.94. The van der Waals surface area contributed by atoms with Crippen molar-refractivity contribution in [1.82, 2.24) is 9.78 Å². The van der Waals surface area contributed by atoms with Gasteiger partial charge < -0.3 is 5.73 Å². The van der Waals surface area contributed by atoms with Crippen LogP contribution >= 0.6 is 11.6 Å². The molecule has 1 aromatic rings. The second kappa shape index (κ2) is 4.11. The van der Waals surface area contributed by atoms with E-state index in [9.17, 15) is 0 Å². The fourth-order valence-corrected chi connectivity index (χ4v) is 1.56. The summed E-state index contributed by atoms with van der Waals surface area (Å²) in [4.78, 5) is 0. The maximum atomic E-state index is 6.06. The summed E-state index contributed by atoms with van der Waals surface area (Å²) >= 11 is 6.06. The van der Waals surface area contributed by atoms with Crippen molar-refractivity contribution in [3.63, 3.8) is 0 Å². The minimum Gasteiger partial charge on any atom is -0.327 e. The lowest BCUT2D eigenvalue weighted by atomic mass is 10.1. The van der Waals surface area contributed by atoms with E-state index >= 15 is 0 Å². The topological polar surface area (TPSA) is 43.8 Å². The summed E-state index contributed by atoms with van der Waals surface area (Å²) < 4.78 is 1.69. The first-order chi connectivity index (χ1) is 6.06. The number of nitrogens with zero attached hydrogens (tertiary/aromatic N) is 2. The molecule has 0 aromatic carbocycles. The van der Waals surface area contributed by atoms with Crippen LogP contribution in [0.15, 0.2) is 0 Å². The van der Waals surface area contributed by atoms with Gasteiger partial charge in [0.2, 0.25) is 0 Å². The van der Waals surface area contributed by atoms with Gasteiger partial charge in [0.25, 0.3) is 0 Å². The van der Waals surface area contributed by atoms with E-state index in [0.29, 0.717) is 5.15 Å². The molecular weight excluding hydrogens is 186 g/mol. The minimum atomic E-state index is 0.181. The van der Waals surface area contributed by atoms with E-state index in [4.69, 9.17) is 17.3 Å². The fraction of sp³-hybridized carbons (Fsp3) is 0.667. The number of aromatic nitrogens is 2. The van der Waals surface area contributed by atoms with Crippen LogP contribution in [0.5, 0.6) is 0 Å². The largest absolute Gasteiger partial charge is 0.327 e. The van der Waals surface area contributed by atoms with Crippen LogP contribution in [0, 0.1) is 6.92 Å². The molecule has 0 spiro atoms. The highest BCUT2D eigenvalue weighted by Gasteiger charge is 2.13. The van der Waals surface area contributed by atoms with Crippen LogP contribution in [0.4, 0.5) is 0 Å². The highest BCUT2D eigenvalue weighted by Crippen LogP contribution is 2.20. The molecule has 0 aliphatic heterocycles. The highest BCUT2D eigenvalue weighted by atomic mass is 35.5. The lowest BCUT2D eigenvalue weighted by Gasteiger charge is -2.07. The maximum Gasteiger partial charge on any atom is 0.130 e. The predicted octanol–water partition coefficient (Wildman–Crippen LogP) is 1.66. The second-order valence-corrected chi connectivity index (χ2v) is 3.71. The Balaban J connectivity index is 2.87. The van der Waals surface area contributed by atoms with Gasteiger partial charge in [0.1, 0.15) is 5.15 Å². The molecule has 3 nitrogen and oxygen atoms in total. The summed E-state index contributed by atoms with van der Waals surface area (Å²) in [6, 6.07) is 0.181. The van der Waals surface area contributed by atoms with E-state index in [0.717, 1.165) is 24.1 Å². The zero-order chi connectivity index (χ0) is 10.0. The number of nitrogens with two attached hydrogens (primary N) is 1. The first-order valence-electron chi connectivity index (χ1n) is 4.49. The summed E-state index contributed by atoms with van der Waals surface area (Å²) in [5.74, 6) is 0. The van der Waals surface area contributed by atoms with E-state index in [-0.39, 0.29) is 6.04 Å². The molecule has 1 unspecified atom stereocenters. The summed E-state index contributed by atoms with van der Waals surface area (Å²) in [7, 11) is 1.84.